The lowest BCUT2D eigenvalue weighted by Crippen LogP contribution is -2.44. The minimum absolute atomic E-state index is 0.0661. The number of nitrogens with zero attached hydrogens (tertiary/aromatic N) is 3. The number of hydrogen-bond acceptors (Lipinski definition) is 6. The van der Waals surface area contributed by atoms with Gasteiger partial charge in [-0.2, -0.15) is 0 Å². The Labute approximate surface area is 171 Å². The Morgan fingerprint density at radius 1 is 1.24 bits per heavy atom. The first kappa shape index (κ1) is 20.4. The van der Waals surface area contributed by atoms with Crippen molar-refractivity contribution < 1.29 is 22.4 Å². The summed E-state index contributed by atoms with van der Waals surface area (Å²) >= 11 is 0. The number of carbonyl (C=O) groups excluding carboxylic acids is 2. The first-order chi connectivity index (χ1) is 13.7. The average Bonchev–Trinajstić information content (AvgIpc) is 3.37. The molecule has 2 amide bonds. The molecule has 4 rings (SSSR count). The Morgan fingerprint density at radius 2 is 1.93 bits per heavy atom. The van der Waals surface area contributed by atoms with E-state index in [0.29, 0.717) is 30.8 Å². The van der Waals surface area contributed by atoms with Gasteiger partial charge < -0.3 is 9.32 Å². The summed E-state index contributed by atoms with van der Waals surface area (Å²) in [7, 11) is -3.68. The summed E-state index contributed by atoms with van der Waals surface area (Å²) in [5.74, 6) is -0.502. The molecule has 4 heterocycles. The number of amides is 2. The summed E-state index contributed by atoms with van der Waals surface area (Å²) in [5.41, 5.74) is 0.519. The summed E-state index contributed by atoms with van der Waals surface area (Å²) in [5, 5.41) is 0. The Balaban J connectivity index is 1.62. The number of hydrogen-bond donors (Lipinski definition) is 0. The smallest absolute Gasteiger partial charge is 0.257 e. The van der Waals surface area contributed by atoms with Gasteiger partial charge in [-0.15, -0.1) is 0 Å². The molecular formula is C20H29N3O5S. The molecule has 3 saturated heterocycles. The molecule has 0 N–H and O–H groups in total. The van der Waals surface area contributed by atoms with Crippen molar-refractivity contribution in [1.29, 1.82) is 0 Å². The SMILES string of the molecule is CC(C)[C@H]1C(=O)N(S(C)(=O)=O)[C@H]2CCN(C(=O)c3ccoc3CN3CCCC3)[C@H]12. The number of likely N-dealkylation sites (tertiary alicyclic amines) is 2. The average molecular weight is 424 g/mol. The van der Waals surface area contributed by atoms with Crippen molar-refractivity contribution >= 4 is 21.8 Å². The molecule has 160 valence electrons. The standard InChI is InChI=1S/C20H29N3O5S/c1-13(2)17-18-15(23(20(17)25)29(3,26)27)6-10-22(18)19(24)14-7-11-28-16(14)12-21-8-4-5-9-21/h7,11,13,15,17-18H,4-6,8-10,12H2,1-3H3/t15-,17+,18-/m0/s1. The van der Waals surface area contributed by atoms with Crippen LogP contribution in [-0.2, 0) is 21.4 Å². The van der Waals surface area contributed by atoms with Crippen LogP contribution in [0.5, 0.6) is 0 Å². The van der Waals surface area contributed by atoms with E-state index >= 15 is 0 Å². The molecule has 3 fully saturated rings. The largest absolute Gasteiger partial charge is 0.467 e. The zero-order chi connectivity index (χ0) is 20.9. The fourth-order valence-electron chi connectivity index (χ4n) is 5.22. The highest BCUT2D eigenvalue weighted by atomic mass is 32.2. The number of furan rings is 1. The minimum atomic E-state index is -3.68. The zero-order valence-electron chi connectivity index (χ0n) is 17.2. The van der Waals surface area contributed by atoms with E-state index in [0.717, 1.165) is 36.5 Å². The molecule has 1 aromatic rings. The third-order valence-corrected chi connectivity index (χ3v) is 7.63. The Morgan fingerprint density at radius 3 is 2.55 bits per heavy atom. The third kappa shape index (κ3) is 3.48. The van der Waals surface area contributed by atoms with Crippen LogP contribution < -0.4 is 0 Å². The van der Waals surface area contributed by atoms with Crippen LogP contribution in [0.3, 0.4) is 0 Å². The molecule has 29 heavy (non-hydrogen) atoms. The van der Waals surface area contributed by atoms with Crippen molar-refractivity contribution in [2.24, 2.45) is 11.8 Å². The van der Waals surface area contributed by atoms with Gasteiger partial charge in [0.25, 0.3) is 5.91 Å². The van der Waals surface area contributed by atoms with Gasteiger partial charge in [0.2, 0.25) is 15.9 Å². The van der Waals surface area contributed by atoms with E-state index in [9.17, 15) is 18.0 Å². The van der Waals surface area contributed by atoms with Crippen LogP contribution in [0.2, 0.25) is 0 Å². The molecule has 3 aliphatic heterocycles. The van der Waals surface area contributed by atoms with E-state index < -0.39 is 28.0 Å². The molecular weight excluding hydrogens is 394 g/mol. The second-order valence-corrected chi connectivity index (χ2v) is 10.6. The first-order valence-corrected chi connectivity index (χ1v) is 12.2. The van der Waals surface area contributed by atoms with Crippen molar-refractivity contribution in [3.05, 3.63) is 23.7 Å². The molecule has 0 aliphatic carbocycles. The van der Waals surface area contributed by atoms with Crippen molar-refractivity contribution in [3.63, 3.8) is 0 Å². The highest BCUT2D eigenvalue weighted by Crippen LogP contribution is 2.42. The van der Waals surface area contributed by atoms with Gasteiger partial charge in [-0.05, 0) is 44.3 Å². The van der Waals surface area contributed by atoms with Crippen LogP contribution >= 0.6 is 0 Å². The number of rotatable bonds is 5. The van der Waals surface area contributed by atoms with Crippen molar-refractivity contribution in [2.75, 3.05) is 25.9 Å². The van der Waals surface area contributed by atoms with Gasteiger partial charge >= 0.3 is 0 Å². The van der Waals surface area contributed by atoms with Crippen molar-refractivity contribution in [1.82, 2.24) is 14.1 Å². The predicted octanol–water partition coefficient (Wildman–Crippen LogP) is 1.53. The molecule has 9 heteroatoms. The first-order valence-electron chi connectivity index (χ1n) is 10.3. The minimum Gasteiger partial charge on any atom is -0.467 e. The molecule has 0 radical (unpaired) electrons. The summed E-state index contributed by atoms with van der Waals surface area (Å²) in [6.45, 7) is 6.83. The molecule has 0 spiro atoms. The molecule has 0 bridgehead atoms. The van der Waals surface area contributed by atoms with E-state index in [2.05, 4.69) is 4.90 Å². The lowest BCUT2D eigenvalue weighted by atomic mass is 9.88. The molecule has 3 atom stereocenters. The van der Waals surface area contributed by atoms with E-state index in [1.54, 1.807) is 11.0 Å². The van der Waals surface area contributed by atoms with Crippen LogP contribution in [0.15, 0.2) is 16.7 Å². The fourth-order valence-corrected chi connectivity index (χ4v) is 6.39. The maximum absolute atomic E-state index is 13.4. The summed E-state index contributed by atoms with van der Waals surface area (Å²) in [6.07, 6.45) is 5.38. The molecule has 0 aromatic carbocycles. The fraction of sp³-hybridized carbons (Fsp3) is 0.700. The third-order valence-electron chi connectivity index (χ3n) is 6.47. The van der Waals surface area contributed by atoms with E-state index in [-0.39, 0.29) is 17.7 Å². The van der Waals surface area contributed by atoms with Gasteiger partial charge in [0.1, 0.15) is 5.76 Å². The number of sulfonamides is 1. The maximum atomic E-state index is 13.4. The zero-order valence-corrected chi connectivity index (χ0v) is 18.0. The lowest BCUT2D eigenvalue weighted by molar-refractivity contribution is -0.129. The topological polar surface area (TPSA) is 91.1 Å². The quantitative estimate of drug-likeness (QED) is 0.713. The van der Waals surface area contributed by atoms with E-state index in [1.165, 1.54) is 6.26 Å². The van der Waals surface area contributed by atoms with Gasteiger partial charge in [-0.3, -0.25) is 14.5 Å². The second kappa shape index (κ2) is 7.43. The van der Waals surface area contributed by atoms with E-state index in [1.807, 2.05) is 13.8 Å². The van der Waals surface area contributed by atoms with Crippen molar-refractivity contribution in [3.8, 4) is 0 Å². The van der Waals surface area contributed by atoms with Crippen LogP contribution in [0, 0.1) is 11.8 Å². The second-order valence-electron chi connectivity index (χ2n) is 8.75. The Hall–Kier alpha value is -1.87. The summed E-state index contributed by atoms with van der Waals surface area (Å²) < 4.78 is 31.2. The molecule has 8 nitrogen and oxygen atoms in total. The van der Waals surface area contributed by atoms with Crippen LogP contribution in [0.4, 0.5) is 0 Å². The van der Waals surface area contributed by atoms with Gasteiger partial charge in [0.05, 0.1) is 42.6 Å². The molecule has 0 unspecified atom stereocenters. The monoisotopic (exact) mass is 423 g/mol. The van der Waals surface area contributed by atoms with Gasteiger partial charge in [-0.25, -0.2) is 12.7 Å². The molecule has 1 aromatic heterocycles. The van der Waals surface area contributed by atoms with Gasteiger partial charge in [0, 0.05) is 6.54 Å². The highest BCUT2D eigenvalue weighted by Gasteiger charge is 2.58. The van der Waals surface area contributed by atoms with Crippen LogP contribution in [-0.4, -0.2) is 72.3 Å². The summed E-state index contributed by atoms with van der Waals surface area (Å²) in [4.78, 5) is 30.4. The van der Waals surface area contributed by atoms with E-state index in [4.69, 9.17) is 4.42 Å². The molecule has 0 saturated carbocycles. The van der Waals surface area contributed by atoms with Crippen molar-refractivity contribution in [2.45, 2.75) is 51.7 Å². The van der Waals surface area contributed by atoms with Crippen LogP contribution in [0.1, 0.15) is 49.2 Å². The number of carbonyl (C=O) groups is 2. The summed E-state index contributed by atoms with van der Waals surface area (Å²) in [6, 6.07) is 0.776. The lowest BCUT2D eigenvalue weighted by Gasteiger charge is -2.29. The molecule has 3 aliphatic rings. The highest BCUT2D eigenvalue weighted by molar-refractivity contribution is 7.88. The van der Waals surface area contributed by atoms with Gasteiger partial charge in [0.15, 0.2) is 0 Å². The Kier molecular flexibility index (Phi) is 5.23. The maximum Gasteiger partial charge on any atom is 0.257 e. The predicted molar refractivity (Wildman–Crippen MR) is 106 cm³/mol. The van der Waals surface area contributed by atoms with Crippen LogP contribution in [0.25, 0.3) is 0 Å². The Bertz CT molecular complexity index is 903. The van der Waals surface area contributed by atoms with Gasteiger partial charge in [-0.1, -0.05) is 13.8 Å². The number of fused-ring (bicyclic) bond motifs is 1. The normalized spacial score (nSPS) is 28.0.